The van der Waals surface area contributed by atoms with Gasteiger partial charge < -0.3 is 24.7 Å². The molecular formula is C22H25NO5. The molecule has 6 nitrogen and oxygen atoms in total. The molecule has 2 aromatic carbocycles. The molecule has 0 bridgehead atoms. The number of aryl methyl sites for hydroxylation is 1. The Kier molecular flexibility index (Phi) is 6.02. The Hall–Kier alpha value is -2.83. The molecule has 0 fully saturated rings. The average molecular weight is 383 g/mol. The number of phenolic OH excluding ortho intramolecular Hbond substituents is 1. The van der Waals surface area contributed by atoms with Crippen LogP contribution in [0.3, 0.4) is 0 Å². The molecule has 1 unspecified atom stereocenters. The summed E-state index contributed by atoms with van der Waals surface area (Å²) in [6.07, 6.45) is -0.647. The van der Waals surface area contributed by atoms with Crippen molar-refractivity contribution < 1.29 is 19.4 Å². The van der Waals surface area contributed by atoms with Crippen LogP contribution >= 0.6 is 0 Å². The van der Waals surface area contributed by atoms with E-state index in [0.29, 0.717) is 34.6 Å². The number of benzene rings is 2. The SMILES string of the molecule is Cc1cc(O)cc(-c2cc(=O)c3ccc(OCC(O)CNC(C)C)cc3o2)c1. The zero-order valence-corrected chi connectivity index (χ0v) is 16.2. The molecule has 1 heterocycles. The lowest BCUT2D eigenvalue weighted by Gasteiger charge is -2.15. The van der Waals surface area contributed by atoms with Crippen molar-refractivity contribution >= 4 is 11.0 Å². The van der Waals surface area contributed by atoms with Gasteiger partial charge >= 0.3 is 0 Å². The quantitative estimate of drug-likeness (QED) is 0.580. The van der Waals surface area contributed by atoms with Crippen LogP contribution < -0.4 is 15.5 Å². The highest BCUT2D eigenvalue weighted by molar-refractivity contribution is 5.80. The lowest BCUT2D eigenvalue weighted by atomic mass is 10.1. The molecule has 1 aromatic heterocycles. The zero-order valence-electron chi connectivity index (χ0n) is 16.2. The van der Waals surface area contributed by atoms with Gasteiger partial charge in [0.2, 0.25) is 0 Å². The van der Waals surface area contributed by atoms with Crippen molar-refractivity contribution in [3.8, 4) is 22.8 Å². The van der Waals surface area contributed by atoms with Gasteiger partial charge in [-0.25, -0.2) is 0 Å². The van der Waals surface area contributed by atoms with Gasteiger partial charge in [-0.2, -0.15) is 0 Å². The molecule has 6 heteroatoms. The molecule has 3 N–H and O–H groups in total. The maximum Gasteiger partial charge on any atom is 0.193 e. The fourth-order valence-corrected chi connectivity index (χ4v) is 2.90. The van der Waals surface area contributed by atoms with Crippen LogP contribution in [0.25, 0.3) is 22.3 Å². The maximum absolute atomic E-state index is 12.5. The standard InChI is InChI=1S/C22H25NO5/c1-13(2)23-11-17(25)12-27-18-4-5-19-20(26)10-21(28-22(19)9-18)15-6-14(3)7-16(24)8-15/h4-10,13,17,23-25H,11-12H2,1-3H3. The fourth-order valence-electron chi connectivity index (χ4n) is 2.90. The summed E-state index contributed by atoms with van der Waals surface area (Å²) in [5.41, 5.74) is 1.69. The van der Waals surface area contributed by atoms with E-state index in [1.165, 1.54) is 6.07 Å². The molecular weight excluding hydrogens is 358 g/mol. The van der Waals surface area contributed by atoms with Crippen LogP contribution in [0.1, 0.15) is 19.4 Å². The summed E-state index contributed by atoms with van der Waals surface area (Å²) >= 11 is 0. The third-order valence-electron chi connectivity index (χ3n) is 4.25. The molecule has 0 saturated heterocycles. The lowest BCUT2D eigenvalue weighted by Crippen LogP contribution is -2.35. The topological polar surface area (TPSA) is 91.9 Å². The van der Waals surface area contributed by atoms with Gasteiger partial charge in [0.05, 0.1) is 5.39 Å². The van der Waals surface area contributed by atoms with Crippen LogP contribution in [-0.4, -0.2) is 35.5 Å². The van der Waals surface area contributed by atoms with Gasteiger partial charge in [-0.05, 0) is 42.8 Å². The summed E-state index contributed by atoms with van der Waals surface area (Å²) in [4.78, 5) is 12.5. The molecule has 0 aliphatic carbocycles. The second kappa shape index (κ2) is 8.46. The van der Waals surface area contributed by atoms with Crippen LogP contribution in [0.2, 0.25) is 0 Å². The van der Waals surface area contributed by atoms with E-state index in [-0.39, 0.29) is 23.8 Å². The fraction of sp³-hybridized carbons (Fsp3) is 0.318. The summed E-state index contributed by atoms with van der Waals surface area (Å²) in [5.74, 6) is 0.983. The van der Waals surface area contributed by atoms with Crippen LogP contribution in [0.15, 0.2) is 51.7 Å². The predicted molar refractivity (Wildman–Crippen MR) is 109 cm³/mol. The molecule has 0 amide bonds. The summed E-state index contributed by atoms with van der Waals surface area (Å²) in [7, 11) is 0. The molecule has 0 radical (unpaired) electrons. The number of aromatic hydroxyl groups is 1. The van der Waals surface area contributed by atoms with Gasteiger partial charge in [0.25, 0.3) is 0 Å². The first-order chi connectivity index (χ1) is 13.3. The van der Waals surface area contributed by atoms with Crippen LogP contribution in [0.5, 0.6) is 11.5 Å². The normalized spacial score (nSPS) is 12.5. The largest absolute Gasteiger partial charge is 0.508 e. The minimum atomic E-state index is -0.647. The smallest absolute Gasteiger partial charge is 0.193 e. The van der Waals surface area contributed by atoms with Gasteiger partial charge in [0, 0.05) is 30.3 Å². The number of aliphatic hydroxyl groups is 1. The van der Waals surface area contributed by atoms with E-state index in [9.17, 15) is 15.0 Å². The Morgan fingerprint density at radius 2 is 1.93 bits per heavy atom. The van der Waals surface area contributed by atoms with Crippen molar-refractivity contribution in [3.63, 3.8) is 0 Å². The minimum Gasteiger partial charge on any atom is -0.508 e. The third-order valence-corrected chi connectivity index (χ3v) is 4.25. The van der Waals surface area contributed by atoms with Crippen LogP contribution in [-0.2, 0) is 0 Å². The van der Waals surface area contributed by atoms with Crippen LogP contribution in [0, 0.1) is 6.92 Å². The highest BCUT2D eigenvalue weighted by Crippen LogP contribution is 2.28. The van der Waals surface area contributed by atoms with E-state index in [0.717, 1.165) is 5.56 Å². The summed E-state index contributed by atoms with van der Waals surface area (Å²) < 4.78 is 11.5. The van der Waals surface area contributed by atoms with Crippen molar-refractivity contribution in [2.75, 3.05) is 13.2 Å². The Morgan fingerprint density at radius 3 is 2.64 bits per heavy atom. The number of nitrogens with one attached hydrogen (secondary N) is 1. The molecule has 3 rings (SSSR count). The molecule has 28 heavy (non-hydrogen) atoms. The van der Waals surface area contributed by atoms with E-state index in [1.54, 1.807) is 30.3 Å². The highest BCUT2D eigenvalue weighted by atomic mass is 16.5. The van der Waals surface area contributed by atoms with Crippen molar-refractivity contribution in [1.82, 2.24) is 5.32 Å². The van der Waals surface area contributed by atoms with Gasteiger partial charge in [0.15, 0.2) is 5.43 Å². The second-order valence-corrected chi connectivity index (χ2v) is 7.22. The Bertz CT molecular complexity index is 1000. The number of hydrogen-bond donors (Lipinski definition) is 3. The Labute approximate surface area is 163 Å². The number of rotatable bonds is 7. The molecule has 0 aliphatic heterocycles. The number of ether oxygens (including phenoxy) is 1. The van der Waals surface area contributed by atoms with Gasteiger partial charge in [-0.1, -0.05) is 13.8 Å². The van der Waals surface area contributed by atoms with E-state index >= 15 is 0 Å². The third kappa shape index (κ3) is 4.91. The van der Waals surface area contributed by atoms with E-state index < -0.39 is 6.10 Å². The Morgan fingerprint density at radius 1 is 1.14 bits per heavy atom. The van der Waals surface area contributed by atoms with Crippen molar-refractivity contribution in [1.29, 1.82) is 0 Å². The van der Waals surface area contributed by atoms with Crippen molar-refractivity contribution in [2.24, 2.45) is 0 Å². The first-order valence-electron chi connectivity index (χ1n) is 9.25. The van der Waals surface area contributed by atoms with E-state index in [2.05, 4.69) is 5.32 Å². The van der Waals surface area contributed by atoms with E-state index in [1.807, 2.05) is 26.8 Å². The average Bonchev–Trinajstić information content (AvgIpc) is 2.63. The van der Waals surface area contributed by atoms with Crippen molar-refractivity contribution in [3.05, 3.63) is 58.3 Å². The zero-order chi connectivity index (χ0) is 20.3. The first-order valence-corrected chi connectivity index (χ1v) is 9.25. The highest BCUT2D eigenvalue weighted by Gasteiger charge is 2.11. The molecule has 0 aliphatic rings. The molecule has 1 atom stereocenters. The molecule has 148 valence electrons. The summed E-state index contributed by atoms with van der Waals surface area (Å²) in [5, 5.41) is 23.4. The Balaban J connectivity index is 1.85. The first kappa shape index (κ1) is 19.9. The lowest BCUT2D eigenvalue weighted by molar-refractivity contribution is 0.104. The molecule has 0 spiro atoms. The monoisotopic (exact) mass is 383 g/mol. The summed E-state index contributed by atoms with van der Waals surface area (Å²) in [6.45, 7) is 6.42. The predicted octanol–water partition coefficient (Wildman–Crippen LogP) is 3.21. The number of phenols is 1. The van der Waals surface area contributed by atoms with Gasteiger partial charge in [-0.3, -0.25) is 4.79 Å². The molecule has 3 aromatic rings. The van der Waals surface area contributed by atoms with Crippen LogP contribution in [0.4, 0.5) is 0 Å². The van der Waals surface area contributed by atoms with Gasteiger partial charge in [-0.15, -0.1) is 0 Å². The number of fused-ring (bicyclic) bond motifs is 1. The number of aliphatic hydroxyl groups excluding tert-OH is 1. The maximum atomic E-state index is 12.5. The van der Waals surface area contributed by atoms with Crippen molar-refractivity contribution in [2.45, 2.75) is 32.9 Å². The summed E-state index contributed by atoms with van der Waals surface area (Å²) in [6, 6.07) is 11.7. The number of hydrogen-bond acceptors (Lipinski definition) is 6. The van der Waals surface area contributed by atoms with E-state index in [4.69, 9.17) is 9.15 Å². The van der Waals surface area contributed by atoms with Gasteiger partial charge in [0.1, 0.15) is 35.6 Å². The minimum absolute atomic E-state index is 0.110. The second-order valence-electron chi connectivity index (χ2n) is 7.22. The molecule has 0 saturated carbocycles.